The predicted molar refractivity (Wildman–Crippen MR) is 64.7 cm³/mol. The summed E-state index contributed by atoms with van der Waals surface area (Å²) in [5, 5.41) is 11.1. The van der Waals surface area contributed by atoms with Gasteiger partial charge in [-0.15, -0.1) is 0 Å². The lowest BCUT2D eigenvalue weighted by atomic mass is 9.88. The Morgan fingerprint density at radius 3 is 2.59 bits per heavy atom. The number of nitrogens with zero attached hydrogens (tertiary/aromatic N) is 1. The molecule has 2 N–H and O–H groups in total. The minimum atomic E-state index is -2.12. The van der Waals surface area contributed by atoms with Crippen molar-refractivity contribution in [3.8, 4) is 0 Å². The number of hydrogen-bond acceptors (Lipinski definition) is 5. The first-order valence-electron chi connectivity index (χ1n) is 4.97. The van der Waals surface area contributed by atoms with Crippen LogP contribution in [0.1, 0.15) is 26.7 Å². The highest BCUT2D eigenvalue weighted by molar-refractivity contribution is 7.79. The average molecular weight is 286 g/mol. The molecular weight excluding hydrogens is 270 g/mol. The van der Waals surface area contributed by atoms with E-state index >= 15 is 0 Å². The van der Waals surface area contributed by atoms with Gasteiger partial charge in [0.15, 0.2) is 11.1 Å². The fraction of sp³-hybridized carbons (Fsp3) is 0.778. The topological polar surface area (TPSA) is 96.2 Å². The second kappa shape index (κ2) is 7.62. The van der Waals surface area contributed by atoms with E-state index in [0.717, 1.165) is 0 Å². The summed E-state index contributed by atoms with van der Waals surface area (Å²) in [4.78, 5) is 11.7. The summed E-state index contributed by atoms with van der Waals surface area (Å²) in [6.07, 6.45) is 0.297. The number of oxime groups is 1. The van der Waals surface area contributed by atoms with Gasteiger partial charge in [-0.05, 0) is 20.3 Å². The Bertz CT molecular complexity index is 323. The van der Waals surface area contributed by atoms with Gasteiger partial charge in [0.1, 0.15) is 5.17 Å². The molecule has 0 spiro atoms. The van der Waals surface area contributed by atoms with Crippen LogP contribution in [0.25, 0.3) is 0 Å². The lowest BCUT2D eigenvalue weighted by Crippen LogP contribution is -2.35. The fourth-order valence-electron chi connectivity index (χ4n) is 1.24. The number of ether oxygens (including phenoxy) is 1. The van der Waals surface area contributed by atoms with Crippen molar-refractivity contribution in [1.29, 1.82) is 0 Å². The summed E-state index contributed by atoms with van der Waals surface area (Å²) >= 11 is 3.38. The van der Waals surface area contributed by atoms with E-state index in [1.54, 1.807) is 6.92 Å². The number of carbonyl (C=O) groups is 1. The molecule has 0 aliphatic heterocycles. The first kappa shape index (κ1) is 16.3. The van der Waals surface area contributed by atoms with Gasteiger partial charge in [-0.3, -0.25) is 4.79 Å². The minimum Gasteiger partial charge on any atom is -0.466 e. The molecular formula is C9H16ClNO5S. The van der Waals surface area contributed by atoms with Gasteiger partial charge in [0.05, 0.1) is 17.8 Å². The zero-order valence-corrected chi connectivity index (χ0v) is 11.3. The van der Waals surface area contributed by atoms with Gasteiger partial charge in [0, 0.05) is 6.42 Å². The third-order valence-corrected chi connectivity index (χ3v) is 3.35. The summed E-state index contributed by atoms with van der Waals surface area (Å²) in [7, 11) is 0. The highest BCUT2D eigenvalue weighted by Gasteiger charge is 2.36. The van der Waals surface area contributed by atoms with Crippen LogP contribution < -0.4 is 0 Å². The Hall–Kier alpha value is -0.660. The van der Waals surface area contributed by atoms with Crippen LogP contribution in [-0.4, -0.2) is 37.5 Å². The van der Waals surface area contributed by atoms with Gasteiger partial charge < -0.3 is 14.5 Å². The molecule has 0 saturated carbocycles. The van der Waals surface area contributed by atoms with Crippen molar-refractivity contribution >= 4 is 33.8 Å². The third-order valence-electron chi connectivity index (χ3n) is 2.20. The van der Waals surface area contributed by atoms with E-state index in [9.17, 15) is 9.00 Å². The van der Waals surface area contributed by atoms with Crippen LogP contribution in [0.3, 0.4) is 0 Å². The Morgan fingerprint density at radius 1 is 1.59 bits per heavy atom. The maximum atomic E-state index is 11.7. The van der Waals surface area contributed by atoms with Crippen LogP contribution in [0.15, 0.2) is 5.16 Å². The van der Waals surface area contributed by atoms with Crippen LogP contribution in [0.4, 0.5) is 0 Å². The van der Waals surface area contributed by atoms with Crippen LogP contribution in [-0.2, 0) is 20.6 Å². The molecule has 0 bridgehead atoms. The lowest BCUT2D eigenvalue weighted by Gasteiger charge is -2.25. The van der Waals surface area contributed by atoms with Crippen molar-refractivity contribution in [1.82, 2.24) is 0 Å². The number of hydrogen-bond donors (Lipinski definition) is 2. The molecule has 0 radical (unpaired) electrons. The number of carbonyl (C=O) groups excluding carboxylic acids is 1. The molecule has 0 amide bonds. The maximum Gasteiger partial charge on any atom is 0.312 e. The Balaban J connectivity index is 4.71. The molecule has 0 saturated heterocycles. The molecule has 100 valence electrons. The number of esters is 1. The highest BCUT2D eigenvalue weighted by atomic mass is 35.5. The second-order valence-electron chi connectivity index (χ2n) is 3.72. The Labute approximate surface area is 107 Å². The quantitative estimate of drug-likeness (QED) is 0.243. The van der Waals surface area contributed by atoms with E-state index < -0.39 is 22.5 Å². The normalized spacial score (nSPS) is 17.3. The minimum absolute atomic E-state index is 0.0655. The van der Waals surface area contributed by atoms with Crippen molar-refractivity contribution in [3.63, 3.8) is 0 Å². The average Bonchev–Trinajstić information content (AvgIpc) is 2.25. The van der Waals surface area contributed by atoms with Gasteiger partial charge in [-0.2, -0.15) is 0 Å². The zero-order valence-electron chi connectivity index (χ0n) is 9.68. The molecule has 2 atom stereocenters. The van der Waals surface area contributed by atoms with Crippen molar-refractivity contribution in [3.05, 3.63) is 0 Å². The van der Waals surface area contributed by atoms with Gasteiger partial charge in [-0.25, -0.2) is 4.21 Å². The van der Waals surface area contributed by atoms with Crippen molar-refractivity contribution in [2.24, 2.45) is 10.6 Å². The van der Waals surface area contributed by atoms with E-state index in [1.165, 1.54) is 6.92 Å². The van der Waals surface area contributed by atoms with Crippen molar-refractivity contribution < 1.29 is 23.5 Å². The first-order valence-corrected chi connectivity index (χ1v) is 6.62. The maximum absolute atomic E-state index is 11.7. The Morgan fingerprint density at radius 2 is 2.18 bits per heavy atom. The molecule has 0 aromatic heterocycles. The first-order chi connectivity index (χ1) is 7.85. The summed E-state index contributed by atoms with van der Waals surface area (Å²) < 4.78 is 24.6. The Kier molecular flexibility index (Phi) is 7.33. The summed E-state index contributed by atoms with van der Waals surface area (Å²) in [5.41, 5.74) is -1.12. The standard InChI is InChI=1S/C9H16ClNO5S/c1-3-16-8(12)9(2,6-17(14)15)5-4-7(10)11-13/h13H,3-6H2,1-2H3,(H,14,15). The highest BCUT2D eigenvalue weighted by Crippen LogP contribution is 2.27. The second-order valence-corrected chi connectivity index (χ2v) is 5.09. The van der Waals surface area contributed by atoms with Gasteiger partial charge >= 0.3 is 5.97 Å². The van der Waals surface area contributed by atoms with Crippen LogP contribution in [0.2, 0.25) is 0 Å². The van der Waals surface area contributed by atoms with Crippen molar-refractivity contribution in [2.45, 2.75) is 26.7 Å². The van der Waals surface area contributed by atoms with Crippen molar-refractivity contribution in [2.75, 3.05) is 12.4 Å². The molecule has 0 aliphatic rings. The van der Waals surface area contributed by atoms with Crippen LogP contribution in [0.5, 0.6) is 0 Å². The largest absolute Gasteiger partial charge is 0.466 e. The van der Waals surface area contributed by atoms with E-state index in [-0.39, 0.29) is 30.4 Å². The van der Waals surface area contributed by atoms with E-state index in [2.05, 4.69) is 5.16 Å². The molecule has 0 rings (SSSR count). The number of halogens is 1. The van der Waals surface area contributed by atoms with E-state index in [4.69, 9.17) is 26.1 Å². The zero-order chi connectivity index (χ0) is 13.5. The van der Waals surface area contributed by atoms with E-state index in [1.807, 2.05) is 0 Å². The van der Waals surface area contributed by atoms with Crippen LogP contribution >= 0.6 is 11.6 Å². The predicted octanol–water partition coefficient (Wildman–Crippen LogP) is 1.58. The lowest BCUT2D eigenvalue weighted by molar-refractivity contribution is -0.153. The monoisotopic (exact) mass is 285 g/mol. The third kappa shape index (κ3) is 5.99. The van der Waals surface area contributed by atoms with E-state index in [0.29, 0.717) is 0 Å². The molecule has 8 heteroatoms. The molecule has 0 aromatic carbocycles. The molecule has 0 heterocycles. The summed E-state index contributed by atoms with van der Waals surface area (Å²) in [6, 6.07) is 0. The van der Waals surface area contributed by atoms with Gasteiger partial charge in [0.2, 0.25) is 0 Å². The molecule has 2 unspecified atom stereocenters. The van der Waals surface area contributed by atoms with Gasteiger partial charge in [-0.1, -0.05) is 16.8 Å². The fourth-order valence-corrected chi connectivity index (χ4v) is 2.14. The summed E-state index contributed by atoms with van der Waals surface area (Å²) in [5.74, 6) is -0.814. The summed E-state index contributed by atoms with van der Waals surface area (Å²) in [6.45, 7) is 3.35. The van der Waals surface area contributed by atoms with Crippen LogP contribution in [0, 0.1) is 5.41 Å². The SMILES string of the molecule is CCOC(=O)C(C)(CCC(Cl)=NO)CS(=O)O. The molecule has 0 aromatic rings. The number of rotatable bonds is 7. The molecule has 0 fully saturated rings. The molecule has 0 aliphatic carbocycles. The smallest absolute Gasteiger partial charge is 0.312 e. The molecule has 6 nitrogen and oxygen atoms in total. The molecule has 17 heavy (non-hydrogen) atoms. The van der Waals surface area contributed by atoms with Gasteiger partial charge in [0.25, 0.3) is 0 Å².